The number of hydrazine groups is 1. The van der Waals surface area contributed by atoms with E-state index in [0.29, 0.717) is 5.92 Å². The van der Waals surface area contributed by atoms with Crippen molar-refractivity contribution < 1.29 is 0 Å². The predicted octanol–water partition coefficient (Wildman–Crippen LogP) is 2.97. The molecule has 0 amide bonds. The summed E-state index contributed by atoms with van der Waals surface area (Å²) in [5, 5.41) is 4.65. The van der Waals surface area contributed by atoms with E-state index in [-0.39, 0.29) is 6.04 Å². The molecule has 4 heterocycles. The van der Waals surface area contributed by atoms with Gasteiger partial charge in [0.1, 0.15) is 11.7 Å². The van der Waals surface area contributed by atoms with Crippen molar-refractivity contribution in [3.8, 4) is 11.3 Å². The van der Waals surface area contributed by atoms with E-state index >= 15 is 0 Å². The molecular formula is C24H26N6. The van der Waals surface area contributed by atoms with Crippen molar-refractivity contribution in [2.24, 2.45) is 16.6 Å². The maximum absolute atomic E-state index is 5.97. The number of hydrogen-bond acceptors (Lipinski definition) is 6. The molecule has 0 atom stereocenters. The van der Waals surface area contributed by atoms with Gasteiger partial charge in [0.15, 0.2) is 0 Å². The van der Waals surface area contributed by atoms with Gasteiger partial charge in [-0.3, -0.25) is 9.99 Å². The average molecular weight is 399 g/mol. The first-order chi connectivity index (χ1) is 14.7. The minimum absolute atomic E-state index is 0.283. The van der Waals surface area contributed by atoms with Crippen molar-refractivity contribution in [2.75, 3.05) is 19.6 Å². The van der Waals surface area contributed by atoms with E-state index in [1.54, 1.807) is 0 Å². The third-order valence-corrected chi connectivity index (χ3v) is 6.33. The second-order valence-corrected chi connectivity index (χ2v) is 8.65. The van der Waals surface area contributed by atoms with Gasteiger partial charge in [-0.2, -0.15) is 0 Å². The van der Waals surface area contributed by atoms with E-state index in [1.165, 1.54) is 24.0 Å². The fourth-order valence-electron chi connectivity index (χ4n) is 4.47. The molecule has 6 rings (SSSR count). The van der Waals surface area contributed by atoms with Crippen LogP contribution in [0.25, 0.3) is 11.3 Å². The number of aliphatic imine (C=N–C) groups is 1. The van der Waals surface area contributed by atoms with Crippen LogP contribution in [0.1, 0.15) is 18.4 Å². The van der Waals surface area contributed by atoms with Crippen LogP contribution >= 0.6 is 0 Å². The first-order valence-corrected chi connectivity index (χ1v) is 10.8. The number of pyridine rings is 1. The van der Waals surface area contributed by atoms with E-state index in [9.17, 15) is 0 Å². The Balaban J connectivity index is 1.20. The molecule has 2 N–H and O–H groups in total. The molecule has 0 spiro atoms. The lowest BCUT2D eigenvalue weighted by molar-refractivity contribution is 0.0781. The number of benzene rings is 1. The third kappa shape index (κ3) is 3.22. The summed E-state index contributed by atoms with van der Waals surface area (Å²) < 4.78 is 0. The van der Waals surface area contributed by atoms with Crippen molar-refractivity contribution >= 4 is 5.84 Å². The lowest BCUT2D eigenvalue weighted by Crippen LogP contribution is -2.57. The fraction of sp³-hybridized carbons (Fsp3) is 0.333. The monoisotopic (exact) mass is 398 g/mol. The highest BCUT2D eigenvalue weighted by molar-refractivity contribution is 5.95. The molecule has 30 heavy (non-hydrogen) atoms. The standard InChI is InChI=1S/C24H26N6/c25-20-14-28(15-20)23-10-12-30-24(27-23)21(18-8-9-18)16-29(30)13-17-4-6-19(7-5-17)22-3-1-2-11-26-22/h1-7,10-12,18,20H,8-9,13-16,25H2. The second-order valence-electron chi connectivity index (χ2n) is 8.65. The molecule has 3 aliphatic heterocycles. The van der Waals surface area contributed by atoms with Gasteiger partial charge in [0.2, 0.25) is 0 Å². The number of amidine groups is 1. The Bertz CT molecular complexity index is 1030. The van der Waals surface area contributed by atoms with Gasteiger partial charge in [-0.1, -0.05) is 30.3 Å². The Labute approximate surface area is 177 Å². The Morgan fingerprint density at radius 2 is 1.87 bits per heavy atom. The molecule has 4 aliphatic rings. The summed E-state index contributed by atoms with van der Waals surface area (Å²) in [6.45, 7) is 3.64. The highest BCUT2D eigenvalue weighted by Gasteiger charge is 2.39. The molecule has 1 saturated heterocycles. The van der Waals surface area contributed by atoms with Gasteiger partial charge in [0.25, 0.3) is 0 Å². The zero-order valence-corrected chi connectivity index (χ0v) is 17.0. The van der Waals surface area contributed by atoms with Crippen LogP contribution in [0.2, 0.25) is 0 Å². The summed E-state index contributed by atoms with van der Waals surface area (Å²) in [6, 6.07) is 15.1. The second kappa shape index (κ2) is 7.07. The topological polar surface area (TPSA) is 61.0 Å². The lowest BCUT2D eigenvalue weighted by atomic mass is 10.1. The van der Waals surface area contributed by atoms with Crippen LogP contribution in [-0.2, 0) is 6.54 Å². The smallest absolute Gasteiger partial charge is 0.150 e. The summed E-state index contributed by atoms with van der Waals surface area (Å²) in [6.07, 6.45) is 8.73. The van der Waals surface area contributed by atoms with Crippen LogP contribution in [0, 0.1) is 5.92 Å². The number of nitrogens with zero attached hydrogens (tertiary/aromatic N) is 5. The van der Waals surface area contributed by atoms with Crippen LogP contribution in [0.3, 0.4) is 0 Å². The van der Waals surface area contributed by atoms with E-state index in [2.05, 4.69) is 56.4 Å². The van der Waals surface area contributed by atoms with E-state index < -0.39 is 0 Å². The third-order valence-electron chi connectivity index (χ3n) is 6.33. The van der Waals surface area contributed by atoms with Gasteiger partial charge in [-0.15, -0.1) is 0 Å². The summed E-state index contributed by atoms with van der Waals surface area (Å²) in [7, 11) is 0. The predicted molar refractivity (Wildman–Crippen MR) is 118 cm³/mol. The molecule has 2 fully saturated rings. The highest BCUT2D eigenvalue weighted by atomic mass is 15.7. The largest absolute Gasteiger partial charge is 0.353 e. The van der Waals surface area contributed by atoms with E-state index in [0.717, 1.165) is 49.1 Å². The van der Waals surface area contributed by atoms with Gasteiger partial charge in [0.05, 0.1) is 5.69 Å². The molecular weight excluding hydrogens is 372 g/mol. The first kappa shape index (κ1) is 17.9. The maximum Gasteiger partial charge on any atom is 0.150 e. The molecule has 6 heteroatoms. The van der Waals surface area contributed by atoms with Crippen molar-refractivity contribution in [2.45, 2.75) is 25.4 Å². The number of likely N-dealkylation sites (tertiary alicyclic amines) is 1. The normalized spacial score (nSPS) is 21.7. The zero-order valence-electron chi connectivity index (χ0n) is 17.0. The molecule has 1 aromatic carbocycles. The number of aromatic nitrogens is 1. The number of fused-ring (bicyclic) bond motifs is 1. The Hall–Kier alpha value is -2.96. The molecule has 0 radical (unpaired) electrons. The summed E-state index contributed by atoms with van der Waals surface area (Å²) in [5.74, 6) is 2.90. The van der Waals surface area contributed by atoms with Gasteiger partial charge in [0, 0.05) is 50.2 Å². The summed E-state index contributed by atoms with van der Waals surface area (Å²) in [5.41, 5.74) is 10.9. The highest BCUT2D eigenvalue weighted by Crippen LogP contribution is 2.44. The number of hydrogen-bond donors (Lipinski definition) is 1. The fourth-order valence-corrected chi connectivity index (χ4v) is 4.47. The van der Waals surface area contributed by atoms with Crippen molar-refractivity contribution in [1.29, 1.82) is 0 Å². The Morgan fingerprint density at radius 1 is 1.03 bits per heavy atom. The van der Waals surface area contributed by atoms with Crippen LogP contribution in [-0.4, -0.2) is 51.4 Å². The quantitative estimate of drug-likeness (QED) is 0.858. The molecule has 0 bridgehead atoms. The van der Waals surface area contributed by atoms with Crippen LogP contribution in [0.5, 0.6) is 0 Å². The first-order valence-electron chi connectivity index (χ1n) is 10.8. The van der Waals surface area contributed by atoms with Crippen LogP contribution in [0.4, 0.5) is 0 Å². The molecule has 0 unspecified atom stereocenters. The van der Waals surface area contributed by atoms with Crippen molar-refractivity contribution in [3.05, 3.63) is 77.9 Å². The van der Waals surface area contributed by atoms with Gasteiger partial charge in [-0.25, -0.2) is 10.0 Å². The Morgan fingerprint density at radius 3 is 2.57 bits per heavy atom. The summed E-state index contributed by atoms with van der Waals surface area (Å²) in [4.78, 5) is 11.8. The molecule has 1 saturated carbocycles. The van der Waals surface area contributed by atoms with Crippen LogP contribution < -0.4 is 5.73 Å². The van der Waals surface area contributed by atoms with Gasteiger partial charge >= 0.3 is 0 Å². The van der Waals surface area contributed by atoms with Crippen molar-refractivity contribution in [3.63, 3.8) is 0 Å². The number of nitrogens with two attached hydrogens (primary N) is 1. The lowest BCUT2D eigenvalue weighted by Gasteiger charge is -2.40. The Kier molecular flexibility index (Phi) is 4.21. The molecule has 2 aromatic rings. The molecule has 152 valence electrons. The minimum atomic E-state index is 0.283. The van der Waals surface area contributed by atoms with Crippen molar-refractivity contribution in [1.82, 2.24) is 19.9 Å². The van der Waals surface area contributed by atoms with E-state index in [4.69, 9.17) is 10.7 Å². The maximum atomic E-state index is 5.97. The SMILES string of the molecule is NC1CN(C2=NC3=C(C4CC4)CN(Cc4ccc(-c5ccccn5)cc4)N3C=C2)C1. The molecule has 1 aromatic heterocycles. The summed E-state index contributed by atoms with van der Waals surface area (Å²) >= 11 is 0. The zero-order chi connectivity index (χ0) is 20.1. The molecule has 6 nitrogen and oxygen atoms in total. The molecule has 1 aliphatic carbocycles. The number of rotatable bonds is 4. The minimum Gasteiger partial charge on any atom is -0.353 e. The van der Waals surface area contributed by atoms with E-state index in [1.807, 2.05) is 24.4 Å². The average Bonchev–Trinajstić information content (AvgIpc) is 3.55. The van der Waals surface area contributed by atoms with Gasteiger partial charge < -0.3 is 10.6 Å². The van der Waals surface area contributed by atoms with Crippen LogP contribution in [0.15, 0.2) is 77.3 Å². The van der Waals surface area contributed by atoms with Gasteiger partial charge in [-0.05, 0) is 48.1 Å².